The molecule has 5 aromatic rings. The number of para-hydroxylation sites is 3. The first-order chi connectivity index (χ1) is 13.1. The summed E-state index contributed by atoms with van der Waals surface area (Å²) in [7, 11) is 0. The second-order valence-corrected chi connectivity index (χ2v) is 7.54. The molecule has 0 atom stereocenters. The lowest BCUT2D eigenvalue weighted by molar-refractivity contribution is 0.863. The van der Waals surface area contributed by atoms with Gasteiger partial charge in [0.25, 0.3) is 5.56 Å². The van der Waals surface area contributed by atoms with E-state index in [-0.39, 0.29) is 5.56 Å². The summed E-state index contributed by atoms with van der Waals surface area (Å²) in [5, 5.41) is 5.01. The van der Waals surface area contributed by atoms with E-state index in [9.17, 15) is 4.79 Å². The normalized spacial score (nSPS) is 12.4. The summed E-state index contributed by atoms with van der Waals surface area (Å²) in [5.74, 6) is 0. The average molecular weight is 393 g/mol. The molecule has 0 saturated heterocycles. The first kappa shape index (κ1) is 16.2. The Morgan fingerprint density at radius 3 is 2.63 bits per heavy atom. The Kier molecular flexibility index (Phi) is 3.63. The molecule has 0 fully saturated rings. The summed E-state index contributed by atoms with van der Waals surface area (Å²) in [6.07, 6.45) is 1.81. The van der Waals surface area contributed by atoms with Crippen LogP contribution in [0.25, 0.3) is 27.8 Å². The van der Waals surface area contributed by atoms with Crippen LogP contribution < -0.4 is 10.1 Å². The van der Waals surface area contributed by atoms with Gasteiger partial charge in [-0.05, 0) is 37.3 Å². The SMILES string of the molecule is Cc1nn(-c2ccccc2)c(Cl)c1/C=c1\sc2nc3ccccc3n2c1=O. The van der Waals surface area contributed by atoms with Crippen molar-refractivity contribution in [3.63, 3.8) is 0 Å². The van der Waals surface area contributed by atoms with E-state index in [4.69, 9.17) is 11.6 Å². The highest BCUT2D eigenvalue weighted by Gasteiger charge is 2.15. The highest BCUT2D eigenvalue weighted by atomic mass is 35.5. The molecule has 3 aromatic heterocycles. The molecule has 0 aliphatic heterocycles. The Bertz CT molecular complexity index is 1420. The molecular formula is C20H13ClN4OS. The predicted molar refractivity (Wildman–Crippen MR) is 109 cm³/mol. The van der Waals surface area contributed by atoms with E-state index in [1.165, 1.54) is 11.3 Å². The quantitative estimate of drug-likeness (QED) is 0.461. The summed E-state index contributed by atoms with van der Waals surface area (Å²) in [4.78, 5) is 18.2. The summed E-state index contributed by atoms with van der Waals surface area (Å²) in [6, 6.07) is 17.3. The van der Waals surface area contributed by atoms with Crippen LogP contribution in [0.15, 0.2) is 59.4 Å². The van der Waals surface area contributed by atoms with E-state index in [2.05, 4.69) is 10.1 Å². The third kappa shape index (κ3) is 2.49. The number of thiazole rings is 1. The molecule has 0 saturated carbocycles. The predicted octanol–water partition coefficient (Wildman–Crippen LogP) is 3.60. The third-order valence-electron chi connectivity index (χ3n) is 4.47. The van der Waals surface area contributed by atoms with Gasteiger partial charge < -0.3 is 0 Å². The van der Waals surface area contributed by atoms with E-state index in [0.29, 0.717) is 14.6 Å². The highest BCUT2D eigenvalue weighted by molar-refractivity contribution is 7.15. The van der Waals surface area contributed by atoms with Crippen molar-refractivity contribution in [3.05, 3.63) is 85.9 Å². The van der Waals surface area contributed by atoms with Crippen LogP contribution in [0.3, 0.4) is 0 Å². The summed E-state index contributed by atoms with van der Waals surface area (Å²) >= 11 is 7.94. The zero-order valence-electron chi connectivity index (χ0n) is 14.3. The van der Waals surface area contributed by atoms with Gasteiger partial charge in [0, 0.05) is 5.56 Å². The Labute approximate surface area is 162 Å². The lowest BCUT2D eigenvalue weighted by Gasteiger charge is -2.01. The molecule has 0 aliphatic carbocycles. The topological polar surface area (TPSA) is 52.2 Å². The summed E-state index contributed by atoms with van der Waals surface area (Å²) in [6.45, 7) is 1.88. The maximum absolute atomic E-state index is 12.9. The number of halogens is 1. The van der Waals surface area contributed by atoms with Crippen LogP contribution in [0.2, 0.25) is 5.15 Å². The van der Waals surface area contributed by atoms with Crippen molar-refractivity contribution >= 4 is 45.0 Å². The van der Waals surface area contributed by atoms with Crippen LogP contribution in [-0.2, 0) is 0 Å². The van der Waals surface area contributed by atoms with Gasteiger partial charge in [0.05, 0.1) is 26.9 Å². The van der Waals surface area contributed by atoms with Crippen LogP contribution in [0, 0.1) is 6.92 Å². The van der Waals surface area contributed by atoms with Crippen LogP contribution >= 0.6 is 22.9 Å². The monoisotopic (exact) mass is 392 g/mol. The molecule has 5 rings (SSSR count). The summed E-state index contributed by atoms with van der Waals surface area (Å²) in [5.41, 5.74) is 3.92. The van der Waals surface area contributed by atoms with Crippen molar-refractivity contribution in [2.45, 2.75) is 6.92 Å². The van der Waals surface area contributed by atoms with Gasteiger partial charge in [-0.2, -0.15) is 5.10 Å². The second kappa shape index (κ2) is 6.04. The second-order valence-electron chi connectivity index (χ2n) is 6.17. The number of hydrogen-bond acceptors (Lipinski definition) is 4. The van der Waals surface area contributed by atoms with Crippen molar-refractivity contribution in [1.29, 1.82) is 0 Å². The van der Waals surface area contributed by atoms with E-state index < -0.39 is 0 Å². The molecule has 0 radical (unpaired) electrons. The maximum atomic E-state index is 12.9. The standard InChI is InChI=1S/C20H13ClN4OS/c1-12-14(18(21)25(23-12)13-7-3-2-4-8-13)11-17-19(26)24-16-10-6-5-9-15(16)22-20(24)27-17/h2-11H,1H3/b17-11-. The summed E-state index contributed by atoms with van der Waals surface area (Å²) < 4.78 is 3.92. The fourth-order valence-electron chi connectivity index (χ4n) is 3.16. The van der Waals surface area contributed by atoms with Crippen molar-refractivity contribution < 1.29 is 0 Å². The van der Waals surface area contributed by atoms with Gasteiger partial charge in [-0.1, -0.05) is 53.3 Å². The highest BCUT2D eigenvalue weighted by Crippen LogP contribution is 2.24. The van der Waals surface area contributed by atoms with Crippen molar-refractivity contribution in [2.24, 2.45) is 0 Å². The number of aromatic nitrogens is 4. The van der Waals surface area contributed by atoms with Gasteiger partial charge in [-0.15, -0.1) is 0 Å². The molecule has 0 aliphatic rings. The van der Waals surface area contributed by atoms with Gasteiger partial charge >= 0.3 is 0 Å². The van der Waals surface area contributed by atoms with Crippen LogP contribution in [0.5, 0.6) is 0 Å². The third-order valence-corrected chi connectivity index (χ3v) is 5.80. The van der Waals surface area contributed by atoms with Crippen LogP contribution in [-0.4, -0.2) is 19.2 Å². The molecule has 132 valence electrons. The minimum Gasteiger partial charge on any atom is -0.267 e. The Morgan fingerprint density at radius 2 is 1.81 bits per heavy atom. The van der Waals surface area contributed by atoms with E-state index >= 15 is 0 Å². The lowest BCUT2D eigenvalue weighted by atomic mass is 10.2. The number of rotatable bonds is 2. The Morgan fingerprint density at radius 1 is 1.07 bits per heavy atom. The molecule has 0 unspecified atom stereocenters. The number of imidazole rings is 1. The minimum absolute atomic E-state index is 0.0911. The minimum atomic E-state index is -0.0911. The first-order valence-electron chi connectivity index (χ1n) is 8.36. The molecule has 2 aromatic carbocycles. The van der Waals surface area contributed by atoms with Gasteiger partial charge in [-0.25, -0.2) is 14.1 Å². The number of hydrogen-bond donors (Lipinski definition) is 0. The average Bonchev–Trinajstić information content (AvgIpc) is 3.29. The van der Waals surface area contributed by atoms with E-state index in [1.807, 2.05) is 61.5 Å². The van der Waals surface area contributed by atoms with E-state index in [0.717, 1.165) is 28.0 Å². The zero-order chi connectivity index (χ0) is 18.5. The number of aryl methyl sites for hydroxylation is 1. The Hall–Kier alpha value is -2.96. The molecule has 0 amide bonds. The van der Waals surface area contributed by atoms with Gasteiger partial charge in [0.1, 0.15) is 5.15 Å². The molecule has 0 spiro atoms. The van der Waals surface area contributed by atoms with Crippen molar-refractivity contribution in [3.8, 4) is 5.69 Å². The van der Waals surface area contributed by atoms with Crippen molar-refractivity contribution in [1.82, 2.24) is 19.2 Å². The molecular weight excluding hydrogens is 380 g/mol. The zero-order valence-corrected chi connectivity index (χ0v) is 15.8. The molecule has 5 nitrogen and oxygen atoms in total. The molecule has 27 heavy (non-hydrogen) atoms. The molecule has 0 bridgehead atoms. The number of nitrogens with zero attached hydrogens (tertiary/aromatic N) is 4. The largest absolute Gasteiger partial charge is 0.274 e. The number of fused-ring (bicyclic) bond motifs is 3. The van der Waals surface area contributed by atoms with Crippen LogP contribution in [0.4, 0.5) is 0 Å². The van der Waals surface area contributed by atoms with Crippen molar-refractivity contribution in [2.75, 3.05) is 0 Å². The molecule has 0 N–H and O–H groups in total. The van der Waals surface area contributed by atoms with Gasteiger partial charge in [0.15, 0.2) is 4.96 Å². The molecule has 7 heteroatoms. The van der Waals surface area contributed by atoms with E-state index in [1.54, 1.807) is 15.2 Å². The number of benzene rings is 2. The van der Waals surface area contributed by atoms with Gasteiger partial charge in [-0.3, -0.25) is 4.79 Å². The fourth-order valence-corrected chi connectivity index (χ4v) is 4.45. The van der Waals surface area contributed by atoms with Gasteiger partial charge in [0.2, 0.25) is 0 Å². The maximum Gasteiger partial charge on any atom is 0.274 e. The Balaban J connectivity index is 1.73. The lowest BCUT2D eigenvalue weighted by Crippen LogP contribution is -2.22. The fraction of sp³-hybridized carbons (Fsp3) is 0.0500. The first-order valence-corrected chi connectivity index (χ1v) is 9.55. The smallest absolute Gasteiger partial charge is 0.267 e. The van der Waals surface area contributed by atoms with Crippen LogP contribution in [0.1, 0.15) is 11.3 Å². The molecule has 3 heterocycles.